The fourth-order valence-corrected chi connectivity index (χ4v) is 1.61. The van der Waals surface area contributed by atoms with Crippen LogP contribution >= 0.6 is 0 Å². The van der Waals surface area contributed by atoms with Gasteiger partial charge in [-0.25, -0.2) is 0 Å². The maximum Gasteiger partial charge on any atom is 0.0681 e. The quantitative estimate of drug-likeness (QED) is 0.755. The fraction of sp³-hybridized carbons (Fsp3) is 0.571. The summed E-state index contributed by atoms with van der Waals surface area (Å²) in [6.45, 7) is 4.33. The van der Waals surface area contributed by atoms with Gasteiger partial charge in [0.15, 0.2) is 0 Å². The van der Waals surface area contributed by atoms with Crippen molar-refractivity contribution >= 4 is 0 Å². The number of nitrogens with one attached hydrogen (secondary N) is 1. The van der Waals surface area contributed by atoms with Crippen LogP contribution in [0.2, 0.25) is 0 Å². The molecule has 0 aliphatic rings. The summed E-state index contributed by atoms with van der Waals surface area (Å²) in [5, 5.41) is 12.5. The lowest BCUT2D eigenvalue weighted by molar-refractivity contribution is 0.282. The van der Waals surface area contributed by atoms with Crippen LogP contribution in [0.25, 0.3) is 0 Å². The summed E-state index contributed by atoms with van der Waals surface area (Å²) in [6, 6.07) is 8.60. The normalized spacial score (nSPS) is 13.0. The van der Waals surface area contributed by atoms with E-state index in [4.69, 9.17) is 5.11 Å². The Hall–Kier alpha value is -0.900. The van der Waals surface area contributed by atoms with Crippen LogP contribution in [0.4, 0.5) is 0 Å². The van der Waals surface area contributed by atoms with Crippen LogP contribution in [0.5, 0.6) is 0 Å². The Kier molecular flexibility index (Phi) is 6.19. The van der Waals surface area contributed by atoms with Crippen LogP contribution in [0.3, 0.4) is 0 Å². The zero-order valence-corrected chi connectivity index (χ0v) is 11.1. The molecule has 0 saturated carbocycles. The van der Waals surface area contributed by atoms with Crippen LogP contribution in [-0.4, -0.2) is 36.7 Å². The topological polar surface area (TPSA) is 35.5 Å². The first kappa shape index (κ1) is 14.2. The van der Waals surface area contributed by atoms with Crippen molar-refractivity contribution in [2.75, 3.05) is 20.6 Å². The molecule has 0 radical (unpaired) electrons. The number of hydrogen-bond acceptors (Lipinski definition) is 3. The van der Waals surface area contributed by atoms with E-state index in [-0.39, 0.29) is 6.61 Å². The van der Waals surface area contributed by atoms with Crippen molar-refractivity contribution in [1.82, 2.24) is 10.2 Å². The van der Waals surface area contributed by atoms with Crippen LogP contribution in [0, 0.1) is 0 Å². The lowest BCUT2D eigenvalue weighted by atomic mass is 10.1. The number of nitrogens with zero attached hydrogens (tertiary/aromatic N) is 1. The highest BCUT2D eigenvalue weighted by atomic mass is 16.3. The Morgan fingerprint density at radius 2 is 1.76 bits per heavy atom. The molecule has 3 heteroatoms. The van der Waals surface area contributed by atoms with E-state index in [1.54, 1.807) is 0 Å². The summed E-state index contributed by atoms with van der Waals surface area (Å²) in [5.41, 5.74) is 2.23. The zero-order valence-electron chi connectivity index (χ0n) is 11.1. The molecule has 1 aromatic rings. The van der Waals surface area contributed by atoms with E-state index in [0.717, 1.165) is 25.1 Å². The van der Waals surface area contributed by atoms with E-state index >= 15 is 0 Å². The number of benzene rings is 1. The van der Waals surface area contributed by atoms with Gasteiger partial charge in [0.05, 0.1) is 6.61 Å². The van der Waals surface area contributed by atoms with Gasteiger partial charge in [-0.15, -0.1) is 0 Å². The summed E-state index contributed by atoms with van der Waals surface area (Å²) < 4.78 is 0. The summed E-state index contributed by atoms with van der Waals surface area (Å²) in [7, 11) is 4.20. The average molecular weight is 236 g/mol. The number of aliphatic hydroxyl groups is 1. The number of rotatable bonds is 7. The average Bonchev–Trinajstić information content (AvgIpc) is 2.34. The van der Waals surface area contributed by atoms with Crippen molar-refractivity contribution < 1.29 is 5.11 Å². The monoisotopic (exact) mass is 236 g/mol. The fourth-order valence-electron chi connectivity index (χ4n) is 1.61. The maximum absolute atomic E-state index is 8.95. The Balaban J connectivity index is 2.29. The first-order chi connectivity index (χ1) is 8.11. The van der Waals surface area contributed by atoms with Crippen molar-refractivity contribution in [2.45, 2.75) is 32.5 Å². The van der Waals surface area contributed by atoms with Gasteiger partial charge in [0.25, 0.3) is 0 Å². The predicted molar refractivity (Wildman–Crippen MR) is 71.8 cm³/mol. The summed E-state index contributed by atoms with van der Waals surface area (Å²) in [4.78, 5) is 2.20. The Morgan fingerprint density at radius 3 is 2.29 bits per heavy atom. The van der Waals surface area contributed by atoms with E-state index in [9.17, 15) is 0 Å². The molecule has 3 nitrogen and oxygen atoms in total. The molecule has 1 aromatic carbocycles. The van der Waals surface area contributed by atoms with Gasteiger partial charge in [-0.05, 0) is 45.1 Å². The zero-order chi connectivity index (χ0) is 12.7. The second-order valence-corrected chi connectivity index (χ2v) is 4.85. The van der Waals surface area contributed by atoms with Gasteiger partial charge in [-0.1, -0.05) is 24.3 Å². The molecule has 0 heterocycles. The molecule has 1 unspecified atom stereocenters. The van der Waals surface area contributed by atoms with E-state index in [2.05, 4.69) is 43.4 Å². The second-order valence-electron chi connectivity index (χ2n) is 4.85. The molecule has 0 amide bonds. The van der Waals surface area contributed by atoms with Crippen LogP contribution in [0.15, 0.2) is 24.3 Å². The van der Waals surface area contributed by atoms with Gasteiger partial charge >= 0.3 is 0 Å². The van der Waals surface area contributed by atoms with Crippen molar-refractivity contribution in [1.29, 1.82) is 0 Å². The minimum absolute atomic E-state index is 0.118. The number of hydrogen-bond donors (Lipinski definition) is 2. The van der Waals surface area contributed by atoms with Crippen molar-refractivity contribution in [3.63, 3.8) is 0 Å². The standard InChI is InChI=1S/C14H24N2O/c1-12(8-9-16(2)3)15-10-13-4-6-14(11-17)7-5-13/h4-7,12,15,17H,8-11H2,1-3H3. The van der Waals surface area contributed by atoms with Gasteiger partial charge in [0.1, 0.15) is 0 Å². The molecule has 0 fully saturated rings. The molecule has 0 spiro atoms. The Labute approximate surface area is 104 Å². The van der Waals surface area contributed by atoms with Gasteiger partial charge in [-0.2, -0.15) is 0 Å². The van der Waals surface area contributed by atoms with E-state index < -0.39 is 0 Å². The molecule has 1 rings (SSSR count). The summed E-state index contributed by atoms with van der Waals surface area (Å²) in [6.07, 6.45) is 1.15. The molecule has 96 valence electrons. The predicted octanol–water partition coefficient (Wildman–Crippen LogP) is 1.61. The highest BCUT2D eigenvalue weighted by Crippen LogP contribution is 2.04. The largest absolute Gasteiger partial charge is 0.392 e. The SMILES string of the molecule is CC(CCN(C)C)NCc1ccc(CO)cc1. The van der Waals surface area contributed by atoms with E-state index in [1.165, 1.54) is 5.56 Å². The highest BCUT2D eigenvalue weighted by Gasteiger charge is 2.02. The maximum atomic E-state index is 8.95. The van der Waals surface area contributed by atoms with E-state index in [0.29, 0.717) is 6.04 Å². The third-order valence-electron chi connectivity index (χ3n) is 2.87. The molecule has 0 aromatic heterocycles. The second kappa shape index (κ2) is 7.43. The first-order valence-electron chi connectivity index (χ1n) is 6.18. The molecular formula is C14H24N2O. The Bertz CT molecular complexity index is 309. The van der Waals surface area contributed by atoms with Crippen molar-refractivity contribution in [3.05, 3.63) is 35.4 Å². The van der Waals surface area contributed by atoms with Crippen LogP contribution in [-0.2, 0) is 13.2 Å². The van der Waals surface area contributed by atoms with Gasteiger partial charge in [-0.3, -0.25) is 0 Å². The molecule has 0 aliphatic heterocycles. The smallest absolute Gasteiger partial charge is 0.0681 e. The first-order valence-corrected chi connectivity index (χ1v) is 6.18. The van der Waals surface area contributed by atoms with E-state index in [1.807, 2.05) is 12.1 Å². The number of aliphatic hydroxyl groups excluding tert-OH is 1. The van der Waals surface area contributed by atoms with Gasteiger partial charge in [0.2, 0.25) is 0 Å². The summed E-state index contributed by atoms with van der Waals surface area (Å²) in [5.74, 6) is 0. The van der Waals surface area contributed by atoms with Gasteiger partial charge in [0, 0.05) is 12.6 Å². The van der Waals surface area contributed by atoms with Crippen LogP contribution < -0.4 is 5.32 Å². The minimum Gasteiger partial charge on any atom is -0.392 e. The molecule has 1 atom stereocenters. The third kappa shape index (κ3) is 5.82. The van der Waals surface area contributed by atoms with Gasteiger partial charge < -0.3 is 15.3 Å². The molecule has 0 aliphatic carbocycles. The van der Waals surface area contributed by atoms with Crippen LogP contribution in [0.1, 0.15) is 24.5 Å². The molecule has 0 saturated heterocycles. The molecule has 17 heavy (non-hydrogen) atoms. The minimum atomic E-state index is 0.118. The summed E-state index contributed by atoms with van der Waals surface area (Å²) >= 11 is 0. The van der Waals surface area contributed by atoms with Crippen molar-refractivity contribution in [3.8, 4) is 0 Å². The molecule has 0 bridgehead atoms. The highest BCUT2D eigenvalue weighted by molar-refractivity contribution is 5.21. The lowest BCUT2D eigenvalue weighted by Crippen LogP contribution is -2.29. The lowest BCUT2D eigenvalue weighted by Gasteiger charge is -2.16. The third-order valence-corrected chi connectivity index (χ3v) is 2.87. The van der Waals surface area contributed by atoms with Crippen molar-refractivity contribution in [2.24, 2.45) is 0 Å². The molecular weight excluding hydrogens is 212 g/mol. The molecule has 2 N–H and O–H groups in total. The Morgan fingerprint density at radius 1 is 1.18 bits per heavy atom.